The van der Waals surface area contributed by atoms with Gasteiger partial charge >= 0.3 is 0 Å². The average molecular weight is 841 g/mol. The Bertz CT molecular complexity index is 1520. The Morgan fingerprint density at radius 2 is 0.532 bits per heavy atom. The number of nitrogens with two attached hydrogens (primary N) is 2. The number of nitrogen functional groups attached to an aromatic ring is 2. The molecule has 62 heavy (non-hydrogen) atoms. The lowest BCUT2D eigenvalue weighted by Crippen LogP contribution is -2.10. The van der Waals surface area contributed by atoms with Gasteiger partial charge in [-0.25, -0.2) is 0 Å². The van der Waals surface area contributed by atoms with Crippen LogP contribution >= 0.6 is 0 Å². The van der Waals surface area contributed by atoms with Crippen LogP contribution in [0.4, 0.5) is 11.4 Å². The molecule has 4 aromatic rings. The molecule has 0 aliphatic rings. The molecule has 0 spiro atoms. The Hall–Kier alpha value is -3.52. The van der Waals surface area contributed by atoms with Gasteiger partial charge in [0, 0.05) is 23.2 Å². The summed E-state index contributed by atoms with van der Waals surface area (Å²) in [6.45, 7) is 6.92. The minimum atomic E-state index is 0.425. The molecule has 0 saturated carbocycles. The quantitative estimate of drug-likeness (QED) is 0.0354. The fraction of sp³-hybridized carbons (Fsp3) is 0.600. The molecule has 0 radical (unpaired) electrons. The van der Waals surface area contributed by atoms with Gasteiger partial charge in [0.25, 0.3) is 0 Å². The maximum Gasteiger partial charge on any atom is 0.0314 e. The van der Waals surface area contributed by atoms with Gasteiger partial charge < -0.3 is 11.5 Å². The standard InChI is InChI=1S/C60H92N2/c1-4-7-10-13-16-18-21-24-27-30-59(55-40-44-57(61)45-41-55)53-36-32-50(33-37-53)48-52(29-26-23-20-15-12-9-6-3)49-51-34-38-54(39-35-51)60(56-42-46-58(62)47-43-56)31-28-25-22-19-17-14-11-8-5-2/h32-47,52,59-60H,4-31,48-49,61-62H2,1-3H3. The van der Waals surface area contributed by atoms with E-state index in [2.05, 4.69) is 118 Å². The number of unbranched alkanes of at least 4 members (excludes halogenated alkanes) is 22. The zero-order valence-corrected chi connectivity index (χ0v) is 40.3. The number of rotatable bonds is 36. The van der Waals surface area contributed by atoms with Crippen molar-refractivity contribution in [2.45, 2.75) is 225 Å². The van der Waals surface area contributed by atoms with Crippen LogP contribution in [0, 0.1) is 5.92 Å². The summed E-state index contributed by atoms with van der Waals surface area (Å²) in [5.74, 6) is 1.49. The van der Waals surface area contributed by atoms with Gasteiger partial charge in [-0.1, -0.05) is 254 Å². The van der Waals surface area contributed by atoms with Crippen molar-refractivity contribution in [2.24, 2.45) is 5.92 Å². The highest BCUT2D eigenvalue weighted by atomic mass is 14.5. The summed E-state index contributed by atoms with van der Waals surface area (Å²) in [4.78, 5) is 0. The number of hydrogen-bond acceptors (Lipinski definition) is 2. The highest BCUT2D eigenvalue weighted by Crippen LogP contribution is 2.34. The molecule has 0 saturated heterocycles. The summed E-state index contributed by atoms with van der Waals surface area (Å²) in [5.41, 5.74) is 22.7. The fourth-order valence-corrected chi connectivity index (χ4v) is 9.93. The van der Waals surface area contributed by atoms with Crippen LogP contribution in [0.5, 0.6) is 0 Å². The second kappa shape index (κ2) is 32.2. The van der Waals surface area contributed by atoms with Gasteiger partial charge in [0.15, 0.2) is 0 Å². The first-order valence-corrected chi connectivity index (χ1v) is 26.4. The lowest BCUT2D eigenvalue weighted by atomic mass is 9.83. The molecule has 2 atom stereocenters. The van der Waals surface area contributed by atoms with E-state index in [4.69, 9.17) is 11.5 Å². The lowest BCUT2D eigenvalue weighted by molar-refractivity contribution is 0.444. The van der Waals surface area contributed by atoms with E-state index < -0.39 is 0 Å². The van der Waals surface area contributed by atoms with E-state index in [0.29, 0.717) is 17.8 Å². The molecule has 0 aliphatic carbocycles. The summed E-state index contributed by atoms with van der Waals surface area (Å²) in [6, 6.07) is 37.1. The Balaban J connectivity index is 1.40. The first-order chi connectivity index (χ1) is 30.5. The zero-order chi connectivity index (χ0) is 43.9. The molecule has 4 N–H and O–H groups in total. The summed E-state index contributed by atoms with van der Waals surface area (Å²) in [6.07, 6.45) is 40.2. The van der Waals surface area contributed by atoms with Crippen LogP contribution in [0.25, 0.3) is 0 Å². The molecule has 342 valence electrons. The number of hydrogen-bond donors (Lipinski definition) is 2. The topological polar surface area (TPSA) is 52.0 Å². The minimum absolute atomic E-state index is 0.425. The highest BCUT2D eigenvalue weighted by Gasteiger charge is 2.18. The first-order valence-electron chi connectivity index (χ1n) is 26.4. The molecule has 2 unspecified atom stereocenters. The van der Waals surface area contributed by atoms with Gasteiger partial charge in [0.2, 0.25) is 0 Å². The third-order valence-corrected chi connectivity index (χ3v) is 13.9. The Kier molecular flexibility index (Phi) is 26.5. The molecule has 0 fully saturated rings. The Morgan fingerprint density at radius 1 is 0.290 bits per heavy atom. The molecular weight excluding hydrogens is 749 g/mol. The minimum Gasteiger partial charge on any atom is -0.399 e. The van der Waals surface area contributed by atoms with Gasteiger partial charge in [0.1, 0.15) is 0 Å². The van der Waals surface area contributed by atoms with Crippen LogP contribution in [0.3, 0.4) is 0 Å². The van der Waals surface area contributed by atoms with Crippen LogP contribution in [0.1, 0.15) is 246 Å². The second-order valence-corrected chi connectivity index (χ2v) is 19.3. The summed E-state index contributed by atoms with van der Waals surface area (Å²) >= 11 is 0. The molecular formula is C60H92N2. The van der Waals surface area contributed by atoms with Crippen molar-refractivity contribution in [3.63, 3.8) is 0 Å². The van der Waals surface area contributed by atoms with E-state index in [0.717, 1.165) is 24.2 Å². The largest absolute Gasteiger partial charge is 0.399 e. The van der Waals surface area contributed by atoms with Crippen molar-refractivity contribution in [2.75, 3.05) is 11.5 Å². The first kappa shape index (κ1) is 51.1. The van der Waals surface area contributed by atoms with Crippen molar-refractivity contribution in [3.8, 4) is 0 Å². The Morgan fingerprint density at radius 3 is 0.823 bits per heavy atom. The van der Waals surface area contributed by atoms with Gasteiger partial charge in [-0.15, -0.1) is 0 Å². The third-order valence-electron chi connectivity index (χ3n) is 13.9. The summed E-state index contributed by atoms with van der Waals surface area (Å²) in [7, 11) is 0. The Labute approximate surface area is 382 Å². The smallest absolute Gasteiger partial charge is 0.0314 e. The molecule has 0 aromatic heterocycles. The van der Waals surface area contributed by atoms with E-state index in [9.17, 15) is 0 Å². The summed E-state index contributed by atoms with van der Waals surface area (Å²) < 4.78 is 0. The molecule has 4 aromatic carbocycles. The van der Waals surface area contributed by atoms with Crippen LogP contribution in [0.2, 0.25) is 0 Å². The highest BCUT2D eigenvalue weighted by molar-refractivity contribution is 5.44. The molecule has 0 aliphatic heterocycles. The maximum atomic E-state index is 6.15. The fourth-order valence-electron chi connectivity index (χ4n) is 9.93. The SMILES string of the molecule is CCCCCCCCCCCC(c1ccc(N)cc1)c1ccc(CC(CCCCCCCCC)Cc2ccc(C(CCCCCCCCCCC)c3ccc(N)cc3)cc2)cc1. The zero-order valence-electron chi connectivity index (χ0n) is 40.3. The van der Waals surface area contributed by atoms with Crippen molar-refractivity contribution in [1.82, 2.24) is 0 Å². The molecule has 0 bridgehead atoms. The van der Waals surface area contributed by atoms with Crippen LogP contribution in [-0.2, 0) is 12.8 Å². The predicted molar refractivity (Wildman–Crippen MR) is 275 cm³/mol. The van der Waals surface area contributed by atoms with Crippen molar-refractivity contribution in [1.29, 1.82) is 0 Å². The third kappa shape index (κ3) is 20.8. The van der Waals surface area contributed by atoms with Crippen molar-refractivity contribution in [3.05, 3.63) is 130 Å². The molecule has 0 heterocycles. The van der Waals surface area contributed by atoms with E-state index in [1.807, 2.05) is 0 Å². The summed E-state index contributed by atoms with van der Waals surface area (Å²) in [5, 5.41) is 0. The van der Waals surface area contributed by atoms with Gasteiger partial charge in [-0.05, 0) is 95.7 Å². The van der Waals surface area contributed by atoms with Crippen molar-refractivity contribution >= 4 is 11.4 Å². The van der Waals surface area contributed by atoms with Crippen LogP contribution in [0.15, 0.2) is 97.1 Å². The monoisotopic (exact) mass is 841 g/mol. The van der Waals surface area contributed by atoms with E-state index in [1.165, 1.54) is 213 Å². The van der Waals surface area contributed by atoms with E-state index in [1.54, 1.807) is 0 Å². The van der Waals surface area contributed by atoms with Gasteiger partial charge in [-0.2, -0.15) is 0 Å². The average Bonchev–Trinajstić information content (AvgIpc) is 3.29. The lowest BCUT2D eigenvalue weighted by Gasteiger charge is -2.21. The van der Waals surface area contributed by atoms with Crippen LogP contribution < -0.4 is 11.5 Å². The van der Waals surface area contributed by atoms with E-state index in [-0.39, 0.29) is 0 Å². The van der Waals surface area contributed by atoms with Crippen molar-refractivity contribution < 1.29 is 0 Å². The predicted octanol–water partition coefficient (Wildman–Crippen LogP) is 18.5. The molecule has 0 amide bonds. The normalized spacial score (nSPS) is 13.0. The van der Waals surface area contributed by atoms with Crippen LogP contribution in [-0.4, -0.2) is 0 Å². The van der Waals surface area contributed by atoms with Gasteiger partial charge in [-0.3, -0.25) is 0 Å². The molecule has 2 nitrogen and oxygen atoms in total. The number of benzene rings is 4. The molecule has 4 rings (SSSR count). The number of anilines is 2. The second-order valence-electron chi connectivity index (χ2n) is 19.3. The maximum absolute atomic E-state index is 6.15. The molecule has 2 heteroatoms. The van der Waals surface area contributed by atoms with Gasteiger partial charge in [0.05, 0.1) is 0 Å². The van der Waals surface area contributed by atoms with E-state index >= 15 is 0 Å².